The van der Waals surface area contributed by atoms with Crippen LogP contribution in [0, 0.1) is 13.8 Å². The van der Waals surface area contributed by atoms with Crippen LogP contribution < -0.4 is 0 Å². The van der Waals surface area contributed by atoms with Crippen LogP contribution in [0.3, 0.4) is 0 Å². The van der Waals surface area contributed by atoms with E-state index in [4.69, 9.17) is 0 Å². The van der Waals surface area contributed by atoms with Crippen LogP contribution in [0.5, 0.6) is 0 Å². The van der Waals surface area contributed by atoms with Gasteiger partial charge in [-0.05, 0) is 46.3 Å². The molecule has 0 atom stereocenters. The fraction of sp³-hybridized carbons (Fsp3) is 0.667. The molecule has 0 aliphatic carbocycles. The molecular weight excluding hydrogens is 224 g/mol. The molecule has 102 valence electrons. The Morgan fingerprint density at radius 1 is 1.22 bits per heavy atom. The van der Waals surface area contributed by atoms with Gasteiger partial charge in [-0.2, -0.15) is 0 Å². The molecule has 0 aromatic carbocycles. The first-order valence-corrected chi connectivity index (χ1v) is 6.83. The Balaban J connectivity index is 2.88. The molecule has 0 aliphatic heterocycles. The van der Waals surface area contributed by atoms with Gasteiger partial charge in [0.15, 0.2) is 5.78 Å². The number of hydrogen-bond donors (Lipinski definition) is 1. The van der Waals surface area contributed by atoms with Crippen molar-refractivity contribution in [1.29, 1.82) is 0 Å². The highest BCUT2D eigenvalue weighted by molar-refractivity contribution is 5.99. The number of aryl methyl sites for hydroxylation is 2. The highest BCUT2D eigenvalue weighted by Crippen LogP contribution is 2.22. The molecule has 0 saturated carbocycles. The van der Waals surface area contributed by atoms with Crippen molar-refractivity contribution >= 4 is 5.78 Å². The zero-order valence-corrected chi connectivity index (χ0v) is 12.4. The Kier molecular flexibility index (Phi) is 5.60. The van der Waals surface area contributed by atoms with E-state index < -0.39 is 0 Å². The lowest BCUT2D eigenvalue weighted by atomic mass is 9.98. The summed E-state index contributed by atoms with van der Waals surface area (Å²) in [4.78, 5) is 17.7. The van der Waals surface area contributed by atoms with Crippen molar-refractivity contribution in [2.75, 3.05) is 20.6 Å². The number of carbonyl (C=O) groups is 1. The maximum absolute atomic E-state index is 12.3. The maximum atomic E-state index is 12.3. The number of aromatic nitrogens is 1. The van der Waals surface area contributed by atoms with Crippen molar-refractivity contribution in [1.82, 2.24) is 9.88 Å². The van der Waals surface area contributed by atoms with E-state index in [-0.39, 0.29) is 5.78 Å². The summed E-state index contributed by atoms with van der Waals surface area (Å²) in [5.41, 5.74) is 4.37. The molecule has 3 nitrogen and oxygen atoms in total. The summed E-state index contributed by atoms with van der Waals surface area (Å²) >= 11 is 0. The first kappa shape index (κ1) is 15.0. The molecule has 18 heavy (non-hydrogen) atoms. The Hall–Kier alpha value is -1.09. The minimum Gasteiger partial charge on any atom is -0.362 e. The molecule has 0 radical (unpaired) electrons. The number of H-pyrrole nitrogens is 1. The van der Waals surface area contributed by atoms with Crippen molar-refractivity contribution in [3.63, 3.8) is 0 Å². The van der Waals surface area contributed by atoms with Crippen LogP contribution in [0.1, 0.15) is 53.5 Å². The van der Waals surface area contributed by atoms with Gasteiger partial charge < -0.3 is 9.88 Å². The Morgan fingerprint density at radius 2 is 1.89 bits per heavy atom. The van der Waals surface area contributed by atoms with Gasteiger partial charge in [-0.15, -0.1) is 0 Å². The number of ketones is 1. The van der Waals surface area contributed by atoms with Crippen molar-refractivity contribution in [3.05, 3.63) is 22.5 Å². The Labute approximate surface area is 111 Å². The zero-order valence-electron chi connectivity index (χ0n) is 12.4. The van der Waals surface area contributed by atoms with E-state index in [0.717, 1.165) is 42.8 Å². The normalized spacial score (nSPS) is 11.2. The fourth-order valence-electron chi connectivity index (χ4n) is 2.33. The van der Waals surface area contributed by atoms with Crippen molar-refractivity contribution in [2.45, 2.75) is 46.5 Å². The van der Waals surface area contributed by atoms with Gasteiger partial charge in [0.2, 0.25) is 0 Å². The van der Waals surface area contributed by atoms with Gasteiger partial charge in [-0.3, -0.25) is 4.79 Å². The second-order valence-corrected chi connectivity index (χ2v) is 5.31. The van der Waals surface area contributed by atoms with Gasteiger partial charge in [0, 0.05) is 29.9 Å². The number of nitrogens with one attached hydrogen (secondary N) is 1. The second-order valence-electron chi connectivity index (χ2n) is 5.31. The molecule has 0 saturated heterocycles. The molecule has 3 heteroatoms. The van der Waals surface area contributed by atoms with E-state index in [1.165, 1.54) is 5.56 Å². The van der Waals surface area contributed by atoms with Crippen LogP contribution >= 0.6 is 0 Å². The third kappa shape index (κ3) is 3.70. The van der Waals surface area contributed by atoms with Gasteiger partial charge in [-0.25, -0.2) is 0 Å². The fourth-order valence-corrected chi connectivity index (χ4v) is 2.33. The minimum absolute atomic E-state index is 0.275. The number of aromatic amines is 1. The van der Waals surface area contributed by atoms with Gasteiger partial charge in [0.05, 0.1) is 0 Å². The summed E-state index contributed by atoms with van der Waals surface area (Å²) in [5, 5.41) is 0. The number of rotatable bonds is 7. The first-order valence-electron chi connectivity index (χ1n) is 6.83. The van der Waals surface area contributed by atoms with Gasteiger partial charge in [0.25, 0.3) is 0 Å². The Morgan fingerprint density at radius 3 is 2.44 bits per heavy atom. The largest absolute Gasteiger partial charge is 0.362 e. The van der Waals surface area contributed by atoms with Crippen LogP contribution in [0.4, 0.5) is 0 Å². The molecule has 0 bridgehead atoms. The van der Waals surface area contributed by atoms with Crippen LogP contribution in [0.15, 0.2) is 0 Å². The summed E-state index contributed by atoms with van der Waals surface area (Å²) in [6, 6.07) is 0. The second kappa shape index (κ2) is 6.74. The number of unbranched alkanes of at least 4 members (excludes halogenated alkanes) is 1. The summed E-state index contributed by atoms with van der Waals surface area (Å²) < 4.78 is 0. The van der Waals surface area contributed by atoms with E-state index in [0.29, 0.717) is 6.42 Å². The molecule has 1 N–H and O–H groups in total. The van der Waals surface area contributed by atoms with Crippen LogP contribution in [-0.4, -0.2) is 36.3 Å². The van der Waals surface area contributed by atoms with E-state index in [1.54, 1.807) is 0 Å². The lowest BCUT2D eigenvalue weighted by Crippen LogP contribution is -2.17. The van der Waals surface area contributed by atoms with Crippen molar-refractivity contribution in [2.24, 2.45) is 0 Å². The predicted molar refractivity (Wildman–Crippen MR) is 76.4 cm³/mol. The first-order chi connectivity index (χ1) is 8.47. The lowest BCUT2D eigenvalue weighted by molar-refractivity contribution is 0.0971. The van der Waals surface area contributed by atoms with Crippen LogP contribution in [0.25, 0.3) is 0 Å². The highest BCUT2D eigenvalue weighted by atomic mass is 16.1. The van der Waals surface area contributed by atoms with Gasteiger partial charge in [-0.1, -0.05) is 13.3 Å². The smallest absolute Gasteiger partial charge is 0.166 e. The number of carbonyl (C=O) groups excluding carboxylic acids is 1. The van der Waals surface area contributed by atoms with Crippen molar-refractivity contribution < 1.29 is 4.79 Å². The van der Waals surface area contributed by atoms with Crippen LogP contribution in [-0.2, 0) is 6.42 Å². The van der Waals surface area contributed by atoms with Gasteiger partial charge in [0.1, 0.15) is 0 Å². The SMILES string of the molecule is CCCCc1c(C)[nH]c(C)c1C(=O)CCN(C)C. The summed E-state index contributed by atoms with van der Waals surface area (Å²) in [6.45, 7) is 7.07. The standard InChI is InChI=1S/C15H26N2O/c1-6-7-8-13-11(2)16-12(3)15(13)14(18)9-10-17(4)5/h16H,6-10H2,1-5H3. The zero-order chi connectivity index (χ0) is 13.7. The molecule has 1 aromatic heterocycles. The molecular formula is C15H26N2O. The van der Waals surface area contributed by atoms with E-state index in [1.807, 2.05) is 21.0 Å². The number of Topliss-reactive ketones (excluding diaryl/α,β-unsaturated/α-hetero) is 1. The molecule has 0 spiro atoms. The van der Waals surface area contributed by atoms with Crippen LogP contribution in [0.2, 0.25) is 0 Å². The van der Waals surface area contributed by atoms with Crippen molar-refractivity contribution in [3.8, 4) is 0 Å². The van der Waals surface area contributed by atoms with Gasteiger partial charge >= 0.3 is 0 Å². The summed E-state index contributed by atoms with van der Waals surface area (Å²) in [5.74, 6) is 0.275. The lowest BCUT2D eigenvalue weighted by Gasteiger charge is -2.10. The van der Waals surface area contributed by atoms with E-state index in [2.05, 4.69) is 23.7 Å². The monoisotopic (exact) mass is 250 g/mol. The number of hydrogen-bond acceptors (Lipinski definition) is 2. The quantitative estimate of drug-likeness (QED) is 0.755. The predicted octanol–water partition coefficient (Wildman–Crippen LogP) is 3.11. The summed E-state index contributed by atoms with van der Waals surface area (Å²) in [7, 11) is 4.00. The highest BCUT2D eigenvalue weighted by Gasteiger charge is 2.18. The topological polar surface area (TPSA) is 36.1 Å². The average Bonchev–Trinajstić information content (AvgIpc) is 2.58. The summed E-state index contributed by atoms with van der Waals surface area (Å²) in [6.07, 6.45) is 3.92. The third-order valence-electron chi connectivity index (χ3n) is 3.35. The molecule has 0 aliphatic rings. The number of nitrogens with zero attached hydrogens (tertiary/aromatic N) is 1. The average molecular weight is 250 g/mol. The Bertz CT molecular complexity index is 405. The molecule has 1 aromatic rings. The molecule has 0 unspecified atom stereocenters. The molecule has 1 rings (SSSR count). The molecule has 1 heterocycles. The molecule has 0 amide bonds. The molecule has 0 fully saturated rings. The third-order valence-corrected chi connectivity index (χ3v) is 3.35. The minimum atomic E-state index is 0.275. The maximum Gasteiger partial charge on any atom is 0.166 e. The van der Waals surface area contributed by atoms with E-state index >= 15 is 0 Å². The van der Waals surface area contributed by atoms with E-state index in [9.17, 15) is 4.79 Å².